The highest BCUT2D eigenvalue weighted by Crippen LogP contribution is 2.26. The maximum Gasteiger partial charge on any atom is 0.303 e. The van der Waals surface area contributed by atoms with Crippen molar-refractivity contribution in [2.24, 2.45) is 0 Å². The summed E-state index contributed by atoms with van der Waals surface area (Å²) in [5.41, 5.74) is 1.33. The summed E-state index contributed by atoms with van der Waals surface area (Å²) in [5, 5.41) is 12.2. The van der Waals surface area contributed by atoms with E-state index in [9.17, 15) is 9.59 Å². The molecule has 0 saturated heterocycles. The second-order valence-corrected chi connectivity index (χ2v) is 5.24. The number of anilines is 1. The van der Waals surface area contributed by atoms with E-state index in [1.165, 1.54) is 0 Å². The highest BCUT2D eigenvalue weighted by Gasteiger charge is 2.09. The van der Waals surface area contributed by atoms with Gasteiger partial charge in [0.2, 0.25) is 5.91 Å². The van der Waals surface area contributed by atoms with E-state index in [1.54, 1.807) is 12.3 Å². The SMILES string of the molecule is O=C(O)CCCC(=O)Nc1cc(Br)cc2cccnc12. The van der Waals surface area contributed by atoms with Crippen molar-refractivity contribution in [3.63, 3.8) is 0 Å². The Balaban J connectivity index is 2.13. The maximum absolute atomic E-state index is 11.8. The first kappa shape index (κ1) is 14.5. The summed E-state index contributed by atoms with van der Waals surface area (Å²) >= 11 is 3.39. The van der Waals surface area contributed by atoms with E-state index in [4.69, 9.17) is 5.11 Å². The lowest BCUT2D eigenvalue weighted by molar-refractivity contribution is -0.137. The van der Waals surface area contributed by atoms with Gasteiger partial charge in [0, 0.05) is 28.9 Å². The number of amides is 1. The average Bonchev–Trinajstić information content (AvgIpc) is 2.38. The third kappa shape index (κ3) is 3.77. The zero-order valence-electron chi connectivity index (χ0n) is 10.6. The van der Waals surface area contributed by atoms with E-state index in [1.807, 2.05) is 18.2 Å². The van der Waals surface area contributed by atoms with Gasteiger partial charge in [-0.15, -0.1) is 0 Å². The molecule has 1 aromatic heterocycles. The Hall–Kier alpha value is -1.95. The van der Waals surface area contributed by atoms with Gasteiger partial charge in [-0.1, -0.05) is 22.0 Å². The fourth-order valence-electron chi connectivity index (χ4n) is 1.86. The molecule has 0 radical (unpaired) electrons. The van der Waals surface area contributed by atoms with Crippen LogP contribution in [0.4, 0.5) is 5.69 Å². The summed E-state index contributed by atoms with van der Waals surface area (Å²) in [4.78, 5) is 26.5. The minimum Gasteiger partial charge on any atom is -0.481 e. The van der Waals surface area contributed by atoms with Crippen LogP contribution in [0.25, 0.3) is 10.9 Å². The normalized spacial score (nSPS) is 10.4. The first-order chi connectivity index (χ1) is 9.56. The summed E-state index contributed by atoms with van der Waals surface area (Å²) in [6.45, 7) is 0. The van der Waals surface area contributed by atoms with Crippen LogP contribution in [-0.2, 0) is 9.59 Å². The fraction of sp³-hybridized carbons (Fsp3) is 0.214. The molecule has 20 heavy (non-hydrogen) atoms. The standard InChI is InChI=1S/C14H13BrN2O3/c15-10-7-9-3-2-6-16-14(9)11(8-10)17-12(18)4-1-5-13(19)20/h2-3,6-8H,1,4-5H2,(H,17,18)(H,19,20). The Kier molecular flexibility index (Phi) is 4.68. The smallest absolute Gasteiger partial charge is 0.303 e. The number of hydrogen-bond donors (Lipinski definition) is 2. The minimum atomic E-state index is -0.896. The number of carbonyl (C=O) groups excluding carboxylic acids is 1. The third-order valence-electron chi connectivity index (χ3n) is 2.74. The molecule has 0 aliphatic rings. The van der Waals surface area contributed by atoms with Crippen molar-refractivity contribution in [2.75, 3.05) is 5.32 Å². The summed E-state index contributed by atoms with van der Waals surface area (Å²) in [6.07, 6.45) is 2.15. The van der Waals surface area contributed by atoms with Crippen molar-refractivity contribution in [3.05, 3.63) is 34.9 Å². The summed E-state index contributed by atoms with van der Waals surface area (Å²) in [6, 6.07) is 7.44. The molecule has 0 unspecified atom stereocenters. The van der Waals surface area contributed by atoms with Crippen LogP contribution in [0, 0.1) is 0 Å². The second-order valence-electron chi connectivity index (χ2n) is 4.32. The zero-order valence-corrected chi connectivity index (χ0v) is 12.2. The number of carboxylic acids is 1. The molecule has 2 N–H and O–H groups in total. The Morgan fingerprint density at radius 1 is 1.30 bits per heavy atom. The number of pyridine rings is 1. The van der Waals surface area contributed by atoms with Gasteiger partial charge in [-0.25, -0.2) is 0 Å². The lowest BCUT2D eigenvalue weighted by Gasteiger charge is -2.08. The lowest BCUT2D eigenvalue weighted by atomic mass is 10.2. The number of halogens is 1. The quantitative estimate of drug-likeness (QED) is 0.878. The molecule has 0 atom stereocenters. The third-order valence-corrected chi connectivity index (χ3v) is 3.20. The molecule has 0 bridgehead atoms. The van der Waals surface area contributed by atoms with Gasteiger partial charge in [0.15, 0.2) is 0 Å². The number of hydrogen-bond acceptors (Lipinski definition) is 3. The maximum atomic E-state index is 11.8. The largest absolute Gasteiger partial charge is 0.481 e. The number of carbonyl (C=O) groups is 2. The lowest BCUT2D eigenvalue weighted by Crippen LogP contribution is -2.12. The molecular formula is C14H13BrN2O3. The van der Waals surface area contributed by atoms with Crippen LogP contribution >= 0.6 is 15.9 Å². The van der Waals surface area contributed by atoms with Crippen LogP contribution < -0.4 is 5.32 Å². The van der Waals surface area contributed by atoms with Gasteiger partial charge in [-0.3, -0.25) is 14.6 Å². The number of aromatic nitrogens is 1. The van der Waals surface area contributed by atoms with Crippen molar-refractivity contribution in [1.29, 1.82) is 0 Å². The Morgan fingerprint density at radius 2 is 2.10 bits per heavy atom. The van der Waals surface area contributed by atoms with E-state index in [0.717, 1.165) is 9.86 Å². The molecule has 5 nitrogen and oxygen atoms in total. The minimum absolute atomic E-state index is 0.00903. The highest BCUT2D eigenvalue weighted by molar-refractivity contribution is 9.10. The van der Waals surface area contributed by atoms with E-state index in [-0.39, 0.29) is 18.7 Å². The van der Waals surface area contributed by atoms with Gasteiger partial charge in [-0.2, -0.15) is 0 Å². The zero-order chi connectivity index (χ0) is 14.5. The molecule has 0 spiro atoms. The van der Waals surface area contributed by atoms with Crippen molar-refractivity contribution in [1.82, 2.24) is 4.98 Å². The van der Waals surface area contributed by atoms with E-state index < -0.39 is 5.97 Å². The molecule has 1 aromatic carbocycles. The molecular weight excluding hydrogens is 324 g/mol. The van der Waals surface area contributed by atoms with Gasteiger partial charge in [0.25, 0.3) is 0 Å². The summed E-state index contributed by atoms with van der Waals surface area (Å²) < 4.78 is 0.846. The number of aliphatic carboxylic acids is 1. The summed E-state index contributed by atoms with van der Waals surface area (Å²) in [7, 11) is 0. The van der Waals surface area contributed by atoms with Gasteiger partial charge in [0.1, 0.15) is 0 Å². The summed E-state index contributed by atoms with van der Waals surface area (Å²) in [5.74, 6) is -1.11. The Morgan fingerprint density at radius 3 is 2.85 bits per heavy atom. The van der Waals surface area contributed by atoms with Crippen LogP contribution in [0.2, 0.25) is 0 Å². The van der Waals surface area contributed by atoms with Crippen LogP contribution in [-0.4, -0.2) is 22.0 Å². The first-order valence-electron chi connectivity index (χ1n) is 6.12. The van der Waals surface area contributed by atoms with Crippen molar-refractivity contribution >= 4 is 44.4 Å². The monoisotopic (exact) mass is 336 g/mol. The van der Waals surface area contributed by atoms with Gasteiger partial charge < -0.3 is 10.4 Å². The van der Waals surface area contributed by atoms with Crippen molar-refractivity contribution in [2.45, 2.75) is 19.3 Å². The molecule has 2 rings (SSSR count). The fourth-order valence-corrected chi connectivity index (χ4v) is 2.34. The molecule has 0 aliphatic carbocycles. The predicted octanol–water partition coefficient (Wildman–Crippen LogP) is 3.19. The first-order valence-corrected chi connectivity index (χ1v) is 6.91. The number of rotatable bonds is 5. The Bertz CT molecular complexity index is 658. The molecule has 6 heteroatoms. The van der Waals surface area contributed by atoms with Gasteiger partial charge in [-0.05, 0) is 24.6 Å². The van der Waals surface area contributed by atoms with Crippen LogP contribution in [0.15, 0.2) is 34.9 Å². The van der Waals surface area contributed by atoms with E-state index >= 15 is 0 Å². The molecule has 104 valence electrons. The highest BCUT2D eigenvalue weighted by atomic mass is 79.9. The number of nitrogens with one attached hydrogen (secondary N) is 1. The van der Waals surface area contributed by atoms with Gasteiger partial charge >= 0.3 is 5.97 Å². The van der Waals surface area contributed by atoms with E-state index in [0.29, 0.717) is 17.6 Å². The van der Waals surface area contributed by atoms with Crippen LogP contribution in [0.5, 0.6) is 0 Å². The second kappa shape index (κ2) is 6.47. The van der Waals surface area contributed by atoms with Gasteiger partial charge in [0.05, 0.1) is 11.2 Å². The molecule has 1 heterocycles. The van der Waals surface area contributed by atoms with E-state index in [2.05, 4.69) is 26.2 Å². The molecule has 2 aromatic rings. The topological polar surface area (TPSA) is 79.3 Å². The molecule has 0 saturated carbocycles. The molecule has 0 aliphatic heterocycles. The molecule has 1 amide bonds. The number of nitrogens with zero attached hydrogens (tertiary/aromatic N) is 1. The number of fused-ring (bicyclic) bond motifs is 1. The van der Waals surface area contributed by atoms with Crippen LogP contribution in [0.3, 0.4) is 0 Å². The van der Waals surface area contributed by atoms with Crippen LogP contribution in [0.1, 0.15) is 19.3 Å². The van der Waals surface area contributed by atoms with Crippen molar-refractivity contribution < 1.29 is 14.7 Å². The Labute approximate surface area is 124 Å². The molecule has 0 fully saturated rings. The predicted molar refractivity (Wildman–Crippen MR) is 79.6 cm³/mol. The average molecular weight is 337 g/mol. The number of carboxylic acid groups (broad SMARTS) is 1. The van der Waals surface area contributed by atoms with Crippen molar-refractivity contribution in [3.8, 4) is 0 Å². The number of benzene rings is 1.